The Hall–Kier alpha value is -3.31. The smallest absolute Gasteiger partial charge is 0.337 e. The number of methoxy groups -OCH3 is 2. The summed E-state index contributed by atoms with van der Waals surface area (Å²) in [5.74, 6) is -0.219. The fourth-order valence-corrected chi connectivity index (χ4v) is 5.85. The first-order valence-corrected chi connectivity index (χ1v) is 14.1. The molecule has 1 fully saturated rings. The van der Waals surface area contributed by atoms with Crippen LogP contribution in [0.2, 0.25) is 0 Å². The molecule has 8 nitrogen and oxygen atoms in total. The lowest BCUT2D eigenvalue weighted by molar-refractivity contribution is 0.00761. The summed E-state index contributed by atoms with van der Waals surface area (Å²) >= 11 is 0. The van der Waals surface area contributed by atoms with Crippen LogP contribution < -0.4 is 4.74 Å². The number of benzene rings is 3. The minimum Gasteiger partial charge on any atom is -0.497 e. The molecule has 0 saturated carbocycles. The van der Waals surface area contributed by atoms with E-state index in [1.54, 1.807) is 26.2 Å². The summed E-state index contributed by atoms with van der Waals surface area (Å²) in [4.78, 5) is 13.8. The molecule has 1 saturated heterocycles. The van der Waals surface area contributed by atoms with Crippen molar-refractivity contribution >= 4 is 16.0 Å². The third kappa shape index (κ3) is 7.02. The van der Waals surface area contributed by atoms with E-state index in [1.807, 2.05) is 36.4 Å². The van der Waals surface area contributed by atoms with E-state index in [4.69, 9.17) is 14.2 Å². The van der Waals surface area contributed by atoms with E-state index in [2.05, 4.69) is 4.90 Å². The molecular weight excluding hydrogens is 523 g/mol. The summed E-state index contributed by atoms with van der Waals surface area (Å²) in [5, 5.41) is 0. The highest BCUT2D eigenvalue weighted by Crippen LogP contribution is 2.26. The molecular formula is C29H33FN2O6S. The van der Waals surface area contributed by atoms with Crippen molar-refractivity contribution in [1.82, 2.24) is 9.21 Å². The van der Waals surface area contributed by atoms with Crippen LogP contribution in [0.5, 0.6) is 5.75 Å². The molecule has 0 amide bonds. The number of nitrogens with zero attached hydrogens (tertiary/aromatic N) is 2. The Kier molecular flexibility index (Phi) is 9.34. The second-order valence-electron chi connectivity index (χ2n) is 9.38. The summed E-state index contributed by atoms with van der Waals surface area (Å²) in [5.41, 5.74) is 2.70. The van der Waals surface area contributed by atoms with Crippen LogP contribution in [0.3, 0.4) is 0 Å². The molecule has 0 aromatic heterocycles. The minimum atomic E-state index is -3.79. The number of sulfonamides is 1. The summed E-state index contributed by atoms with van der Waals surface area (Å²) in [6, 6.07) is 18.7. The quantitative estimate of drug-likeness (QED) is 0.346. The van der Waals surface area contributed by atoms with Crippen molar-refractivity contribution in [3.63, 3.8) is 0 Å². The molecule has 208 valence electrons. The van der Waals surface area contributed by atoms with Gasteiger partial charge in [0.2, 0.25) is 10.0 Å². The lowest BCUT2D eigenvalue weighted by Crippen LogP contribution is -2.49. The van der Waals surface area contributed by atoms with Gasteiger partial charge >= 0.3 is 5.97 Å². The highest BCUT2D eigenvalue weighted by atomic mass is 32.2. The molecule has 1 atom stereocenters. The van der Waals surface area contributed by atoms with Gasteiger partial charge in [0.25, 0.3) is 0 Å². The van der Waals surface area contributed by atoms with Crippen LogP contribution in [0.1, 0.15) is 33.2 Å². The molecule has 1 aliphatic rings. The zero-order valence-corrected chi connectivity index (χ0v) is 23.1. The zero-order valence-electron chi connectivity index (χ0n) is 22.3. The molecule has 39 heavy (non-hydrogen) atoms. The number of carbonyl (C=O) groups is 1. The number of hydrogen-bond donors (Lipinski definition) is 0. The summed E-state index contributed by atoms with van der Waals surface area (Å²) in [6.45, 7) is 4.05. The van der Waals surface area contributed by atoms with Crippen molar-refractivity contribution in [1.29, 1.82) is 0 Å². The highest BCUT2D eigenvalue weighted by molar-refractivity contribution is 7.89. The van der Waals surface area contributed by atoms with E-state index in [-0.39, 0.29) is 24.1 Å². The lowest BCUT2D eigenvalue weighted by atomic mass is 10.1. The standard InChI is InChI=1S/C29H33FN2O6S/c1-21-7-12-26(18-27(21)30)39(34,35)32-15-13-31(14-16-32)19-28(24-5-4-6-25(17-24)36-2)38-20-22-8-10-23(11-9-22)29(33)37-3/h4-12,17-18,28H,13-16,19-20H2,1-3H3/t28-/m0/s1. The van der Waals surface area contributed by atoms with E-state index in [0.717, 1.165) is 17.2 Å². The second-order valence-corrected chi connectivity index (χ2v) is 11.3. The summed E-state index contributed by atoms with van der Waals surface area (Å²) < 4.78 is 58.1. The van der Waals surface area contributed by atoms with Crippen LogP contribution in [0.25, 0.3) is 0 Å². The normalized spacial score (nSPS) is 15.6. The maximum absolute atomic E-state index is 14.0. The zero-order chi connectivity index (χ0) is 28.0. The van der Waals surface area contributed by atoms with E-state index < -0.39 is 21.8 Å². The van der Waals surface area contributed by atoms with Crippen molar-refractivity contribution in [3.8, 4) is 5.75 Å². The van der Waals surface area contributed by atoms with Gasteiger partial charge in [-0.25, -0.2) is 17.6 Å². The van der Waals surface area contributed by atoms with Crippen molar-refractivity contribution in [2.45, 2.75) is 24.5 Å². The average molecular weight is 557 g/mol. The van der Waals surface area contributed by atoms with Gasteiger partial charge in [-0.05, 0) is 60.0 Å². The Morgan fingerprint density at radius 2 is 1.69 bits per heavy atom. The van der Waals surface area contributed by atoms with Gasteiger partial charge in [-0.2, -0.15) is 4.31 Å². The topological polar surface area (TPSA) is 85.4 Å². The third-order valence-electron chi connectivity index (χ3n) is 6.83. The molecule has 0 N–H and O–H groups in total. The number of ether oxygens (including phenoxy) is 3. The van der Waals surface area contributed by atoms with Crippen LogP contribution in [0.15, 0.2) is 71.6 Å². The van der Waals surface area contributed by atoms with Crippen molar-refractivity contribution in [3.05, 3.63) is 94.8 Å². The van der Waals surface area contributed by atoms with E-state index in [9.17, 15) is 17.6 Å². The van der Waals surface area contributed by atoms with Gasteiger partial charge in [0, 0.05) is 32.7 Å². The van der Waals surface area contributed by atoms with Gasteiger partial charge in [-0.3, -0.25) is 4.90 Å². The molecule has 3 aromatic rings. The van der Waals surface area contributed by atoms with Crippen LogP contribution in [-0.2, 0) is 26.1 Å². The predicted octanol–water partition coefficient (Wildman–Crippen LogP) is 4.19. The van der Waals surface area contributed by atoms with Crippen LogP contribution >= 0.6 is 0 Å². The second kappa shape index (κ2) is 12.7. The number of esters is 1. The van der Waals surface area contributed by atoms with Gasteiger partial charge in [0.05, 0.1) is 37.4 Å². The first-order valence-electron chi connectivity index (χ1n) is 12.6. The maximum atomic E-state index is 14.0. The molecule has 0 unspecified atom stereocenters. The number of rotatable bonds is 10. The monoisotopic (exact) mass is 556 g/mol. The van der Waals surface area contributed by atoms with E-state index in [0.29, 0.717) is 43.1 Å². The highest BCUT2D eigenvalue weighted by Gasteiger charge is 2.30. The van der Waals surface area contributed by atoms with E-state index in [1.165, 1.54) is 23.5 Å². The average Bonchev–Trinajstić information content (AvgIpc) is 2.96. The van der Waals surface area contributed by atoms with Crippen molar-refractivity contribution < 1.29 is 31.8 Å². The van der Waals surface area contributed by atoms with Gasteiger partial charge in [0.1, 0.15) is 11.6 Å². The number of piperazine rings is 1. The molecule has 0 bridgehead atoms. The maximum Gasteiger partial charge on any atom is 0.337 e. The van der Waals surface area contributed by atoms with Gasteiger partial charge < -0.3 is 14.2 Å². The SMILES string of the molecule is COC(=O)c1ccc(CO[C@@H](CN2CCN(S(=O)(=O)c3ccc(C)c(F)c3)CC2)c2cccc(OC)c2)cc1. The van der Waals surface area contributed by atoms with Crippen LogP contribution in [-0.4, -0.2) is 70.5 Å². The molecule has 0 radical (unpaired) electrons. The largest absolute Gasteiger partial charge is 0.497 e. The first kappa shape index (κ1) is 28.7. The number of halogens is 1. The summed E-state index contributed by atoms with van der Waals surface area (Å²) in [7, 11) is -0.835. The Morgan fingerprint density at radius 3 is 2.33 bits per heavy atom. The van der Waals surface area contributed by atoms with Crippen LogP contribution in [0.4, 0.5) is 4.39 Å². The molecule has 3 aromatic carbocycles. The Morgan fingerprint density at radius 1 is 0.974 bits per heavy atom. The number of aryl methyl sites for hydroxylation is 1. The van der Waals surface area contributed by atoms with E-state index >= 15 is 0 Å². The molecule has 4 rings (SSSR count). The number of carbonyl (C=O) groups excluding carboxylic acids is 1. The minimum absolute atomic E-state index is 0.0325. The summed E-state index contributed by atoms with van der Waals surface area (Å²) in [6.07, 6.45) is -0.310. The Labute approximate surface area is 229 Å². The van der Waals surface area contributed by atoms with Gasteiger partial charge in [-0.1, -0.05) is 30.3 Å². The van der Waals surface area contributed by atoms with Gasteiger partial charge in [0.15, 0.2) is 0 Å². The fraction of sp³-hybridized carbons (Fsp3) is 0.345. The van der Waals surface area contributed by atoms with Crippen LogP contribution in [0, 0.1) is 12.7 Å². The lowest BCUT2D eigenvalue weighted by Gasteiger charge is -2.36. The van der Waals surface area contributed by atoms with Crippen molar-refractivity contribution in [2.75, 3.05) is 46.9 Å². The molecule has 1 heterocycles. The molecule has 0 aliphatic carbocycles. The fourth-order valence-electron chi connectivity index (χ4n) is 4.42. The first-order chi connectivity index (χ1) is 18.7. The number of hydrogen-bond acceptors (Lipinski definition) is 7. The molecule has 0 spiro atoms. The Bertz CT molecular complexity index is 1390. The molecule has 1 aliphatic heterocycles. The molecule has 10 heteroatoms. The van der Waals surface area contributed by atoms with Crippen molar-refractivity contribution in [2.24, 2.45) is 0 Å². The van der Waals surface area contributed by atoms with Gasteiger partial charge in [-0.15, -0.1) is 0 Å². The predicted molar refractivity (Wildman–Crippen MR) is 145 cm³/mol. The Balaban J connectivity index is 1.43. The third-order valence-corrected chi connectivity index (χ3v) is 8.72.